The van der Waals surface area contributed by atoms with Gasteiger partial charge in [-0.3, -0.25) is 9.98 Å². The summed E-state index contributed by atoms with van der Waals surface area (Å²) in [5.74, 6) is 0.898. The van der Waals surface area contributed by atoms with Gasteiger partial charge in [-0.05, 0) is 44.0 Å². The lowest BCUT2D eigenvalue weighted by atomic mass is 10.2. The predicted octanol–water partition coefficient (Wildman–Crippen LogP) is 3.22. The minimum atomic E-state index is 0.723. The standard InChI is InChI=1S/C22H28N6/c1-4-23-22(24-13-12-19-11-10-18(2)25-14-19)27(3)16-20-15-26-28(17-20)21-8-6-5-7-9-21/h5-11,14-15,17H,4,12-13,16H2,1-3H3,(H,23,24). The molecule has 0 bridgehead atoms. The molecule has 3 aromatic rings. The molecule has 2 heterocycles. The lowest BCUT2D eigenvalue weighted by molar-refractivity contribution is 0.477. The summed E-state index contributed by atoms with van der Waals surface area (Å²) in [7, 11) is 2.05. The molecule has 0 aliphatic carbocycles. The van der Waals surface area contributed by atoms with Crippen molar-refractivity contribution in [3.63, 3.8) is 0 Å². The van der Waals surface area contributed by atoms with Gasteiger partial charge in [-0.25, -0.2) is 4.68 Å². The molecule has 1 N–H and O–H groups in total. The molecule has 1 aromatic carbocycles. The monoisotopic (exact) mass is 376 g/mol. The molecule has 0 amide bonds. The van der Waals surface area contributed by atoms with Crippen LogP contribution in [0.2, 0.25) is 0 Å². The van der Waals surface area contributed by atoms with Gasteiger partial charge in [0.2, 0.25) is 0 Å². The van der Waals surface area contributed by atoms with E-state index in [0.29, 0.717) is 0 Å². The van der Waals surface area contributed by atoms with Crippen molar-refractivity contribution < 1.29 is 0 Å². The van der Waals surface area contributed by atoms with Crippen molar-refractivity contribution >= 4 is 5.96 Å². The maximum Gasteiger partial charge on any atom is 0.193 e. The molecule has 0 aliphatic rings. The topological polar surface area (TPSA) is 58.3 Å². The zero-order valence-electron chi connectivity index (χ0n) is 16.8. The van der Waals surface area contributed by atoms with Crippen molar-refractivity contribution in [2.24, 2.45) is 4.99 Å². The van der Waals surface area contributed by atoms with Gasteiger partial charge in [0.1, 0.15) is 0 Å². The number of guanidine groups is 1. The molecule has 0 saturated carbocycles. The second-order valence-electron chi connectivity index (χ2n) is 6.78. The van der Waals surface area contributed by atoms with Crippen molar-refractivity contribution in [2.75, 3.05) is 20.1 Å². The van der Waals surface area contributed by atoms with Crippen molar-refractivity contribution in [1.29, 1.82) is 0 Å². The third-order valence-electron chi connectivity index (χ3n) is 4.41. The average molecular weight is 377 g/mol. The van der Waals surface area contributed by atoms with E-state index < -0.39 is 0 Å². The molecule has 0 saturated heterocycles. The summed E-state index contributed by atoms with van der Waals surface area (Å²) >= 11 is 0. The van der Waals surface area contributed by atoms with E-state index in [-0.39, 0.29) is 0 Å². The van der Waals surface area contributed by atoms with Gasteiger partial charge in [-0.2, -0.15) is 5.10 Å². The van der Waals surface area contributed by atoms with Crippen LogP contribution in [0.25, 0.3) is 5.69 Å². The Labute approximate surface area is 166 Å². The predicted molar refractivity (Wildman–Crippen MR) is 114 cm³/mol. The molecule has 6 nitrogen and oxygen atoms in total. The van der Waals surface area contributed by atoms with Crippen LogP contribution < -0.4 is 5.32 Å². The quantitative estimate of drug-likeness (QED) is 0.508. The highest BCUT2D eigenvalue weighted by Crippen LogP contribution is 2.09. The number of hydrogen-bond acceptors (Lipinski definition) is 3. The SMILES string of the molecule is CCNC(=NCCc1ccc(C)nc1)N(C)Cc1cnn(-c2ccccc2)c1. The van der Waals surface area contributed by atoms with E-state index in [9.17, 15) is 0 Å². The van der Waals surface area contributed by atoms with E-state index in [1.54, 1.807) is 0 Å². The molecule has 6 heteroatoms. The van der Waals surface area contributed by atoms with E-state index in [4.69, 9.17) is 4.99 Å². The summed E-state index contributed by atoms with van der Waals surface area (Å²) in [5, 5.41) is 7.85. The molecule has 0 aliphatic heterocycles. The fourth-order valence-corrected chi connectivity index (χ4v) is 2.92. The van der Waals surface area contributed by atoms with Crippen LogP contribution in [0.15, 0.2) is 66.0 Å². The average Bonchev–Trinajstić information content (AvgIpc) is 3.18. The molecule has 0 fully saturated rings. The second-order valence-corrected chi connectivity index (χ2v) is 6.78. The van der Waals surface area contributed by atoms with E-state index >= 15 is 0 Å². The first-order valence-electron chi connectivity index (χ1n) is 9.65. The third-order valence-corrected chi connectivity index (χ3v) is 4.41. The molecule has 146 valence electrons. The molecule has 0 spiro atoms. The zero-order chi connectivity index (χ0) is 19.8. The number of rotatable bonds is 7. The van der Waals surface area contributed by atoms with Gasteiger partial charge in [-0.1, -0.05) is 24.3 Å². The number of benzene rings is 1. The maximum atomic E-state index is 4.77. The van der Waals surface area contributed by atoms with Gasteiger partial charge in [0.25, 0.3) is 0 Å². The summed E-state index contributed by atoms with van der Waals surface area (Å²) in [4.78, 5) is 11.2. The molecular weight excluding hydrogens is 348 g/mol. The summed E-state index contributed by atoms with van der Waals surface area (Å²) in [6.45, 7) is 6.38. The van der Waals surface area contributed by atoms with Crippen LogP contribution >= 0.6 is 0 Å². The van der Waals surface area contributed by atoms with Crippen LogP contribution in [0.4, 0.5) is 0 Å². The second kappa shape index (κ2) is 9.69. The molecule has 0 atom stereocenters. The zero-order valence-corrected chi connectivity index (χ0v) is 16.8. The number of para-hydroxylation sites is 1. The number of aliphatic imine (C=N–C) groups is 1. The summed E-state index contributed by atoms with van der Waals surface area (Å²) in [5.41, 5.74) is 4.44. The van der Waals surface area contributed by atoms with Crippen LogP contribution in [-0.2, 0) is 13.0 Å². The lowest BCUT2D eigenvalue weighted by Gasteiger charge is -2.21. The number of aryl methyl sites for hydroxylation is 1. The van der Waals surface area contributed by atoms with Crippen molar-refractivity contribution in [1.82, 2.24) is 25.0 Å². The largest absolute Gasteiger partial charge is 0.357 e. The van der Waals surface area contributed by atoms with E-state index in [1.165, 1.54) is 5.56 Å². The molecule has 2 aromatic heterocycles. The first kappa shape index (κ1) is 19.6. The van der Waals surface area contributed by atoms with Gasteiger partial charge < -0.3 is 10.2 Å². The summed E-state index contributed by atoms with van der Waals surface area (Å²) in [6.07, 6.45) is 6.78. The smallest absolute Gasteiger partial charge is 0.193 e. The molecule has 0 radical (unpaired) electrons. The Morgan fingerprint density at radius 1 is 1.11 bits per heavy atom. The first-order valence-corrected chi connectivity index (χ1v) is 9.65. The Morgan fingerprint density at radius 2 is 1.93 bits per heavy atom. The summed E-state index contributed by atoms with van der Waals surface area (Å²) < 4.78 is 1.90. The Balaban J connectivity index is 1.61. The Kier molecular flexibility index (Phi) is 6.78. The molecule has 0 unspecified atom stereocenters. The van der Waals surface area contributed by atoms with Gasteiger partial charge in [-0.15, -0.1) is 0 Å². The number of nitrogens with zero attached hydrogens (tertiary/aromatic N) is 5. The molecular formula is C22H28N6. The molecule has 3 rings (SSSR count). The van der Waals surface area contributed by atoms with Crippen molar-refractivity contribution in [2.45, 2.75) is 26.8 Å². The van der Waals surface area contributed by atoms with Crippen molar-refractivity contribution in [3.05, 3.63) is 77.9 Å². The van der Waals surface area contributed by atoms with Crippen LogP contribution in [0.5, 0.6) is 0 Å². The highest BCUT2D eigenvalue weighted by Gasteiger charge is 2.09. The Hall–Kier alpha value is -3.15. The van der Waals surface area contributed by atoms with Gasteiger partial charge >= 0.3 is 0 Å². The fraction of sp³-hybridized carbons (Fsp3) is 0.318. The van der Waals surface area contributed by atoms with E-state index in [0.717, 1.165) is 49.0 Å². The fourth-order valence-electron chi connectivity index (χ4n) is 2.92. The number of nitrogens with one attached hydrogen (secondary N) is 1. The highest BCUT2D eigenvalue weighted by molar-refractivity contribution is 5.79. The van der Waals surface area contributed by atoms with Crippen LogP contribution in [0.3, 0.4) is 0 Å². The highest BCUT2D eigenvalue weighted by atomic mass is 15.3. The Morgan fingerprint density at radius 3 is 2.64 bits per heavy atom. The van der Waals surface area contributed by atoms with Gasteiger partial charge in [0, 0.05) is 50.3 Å². The minimum absolute atomic E-state index is 0.723. The molecule has 28 heavy (non-hydrogen) atoms. The van der Waals surface area contributed by atoms with E-state index in [1.807, 2.05) is 60.4 Å². The third kappa shape index (κ3) is 5.42. The van der Waals surface area contributed by atoms with Crippen molar-refractivity contribution in [3.8, 4) is 5.69 Å². The Bertz CT molecular complexity index is 883. The number of hydrogen-bond donors (Lipinski definition) is 1. The normalized spacial score (nSPS) is 11.5. The van der Waals surface area contributed by atoms with Gasteiger partial charge in [0.15, 0.2) is 5.96 Å². The first-order chi connectivity index (χ1) is 13.7. The number of pyridine rings is 1. The van der Waals surface area contributed by atoms with Gasteiger partial charge in [0.05, 0.1) is 11.9 Å². The van der Waals surface area contributed by atoms with Crippen LogP contribution in [0, 0.1) is 6.92 Å². The lowest BCUT2D eigenvalue weighted by Crippen LogP contribution is -2.38. The van der Waals surface area contributed by atoms with Crippen LogP contribution in [0.1, 0.15) is 23.7 Å². The summed E-state index contributed by atoms with van der Waals surface area (Å²) in [6, 6.07) is 14.3. The van der Waals surface area contributed by atoms with E-state index in [2.05, 4.69) is 46.5 Å². The van der Waals surface area contributed by atoms with Crippen LogP contribution in [-0.4, -0.2) is 45.8 Å². The minimum Gasteiger partial charge on any atom is -0.357 e. The number of aromatic nitrogens is 3. The maximum absolute atomic E-state index is 4.77.